The lowest BCUT2D eigenvalue weighted by molar-refractivity contribution is 0.0719. The molecule has 1 atom stereocenters. The standard InChI is InChI=1S/C21H21N5O4/c27-17-10-15(23-21(30)24-17)20(29)25-9-3-6-16(25)18-22-14-5-2-1-4-13(14)19(28)26(18)11-12-7-8-12/h1-2,4-5,10,12,16H,3,6-9,11H2,(H2,23,24,27,30). The molecule has 5 rings (SSSR count). The van der Waals surface area contributed by atoms with Crippen LogP contribution < -0.4 is 16.8 Å². The average Bonchev–Trinajstić information content (AvgIpc) is 3.41. The van der Waals surface area contributed by atoms with E-state index in [-0.39, 0.29) is 11.3 Å². The average molecular weight is 407 g/mol. The summed E-state index contributed by atoms with van der Waals surface area (Å²) in [5, 5.41) is 0.566. The highest BCUT2D eigenvalue weighted by molar-refractivity contribution is 5.92. The molecule has 1 saturated carbocycles. The number of aromatic nitrogens is 4. The molecule has 3 aromatic rings. The summed E-state index contributed by atoms with van der Waals surface area (Å²) >= 11 is 0. The summed E-state index contributed by atoms with van der Waals surface area (Å²) < 4.78 is 1.72. The number of para-hydroxylation sites is 1. The van der Waals surface area contributed by atoms with Crippen LogP contribution >= 0.6 is 0 Å². The van der Waals surface area contributed by atoms with Crippen LogP contribution in [0.5, 0.6) is 0 Å². The van der Waals surface area contributed by atoms with Crippen LogP contribution in [0.1, 0.15) is 48.0 Å². The van der Waals surface area contributed by atoms with Gasteiger partial charge >= 0.3 is 5.69 Å². The summed E-state index contributed by atoms with van der Waals surface area (Å²) in [5.41, 5.74) is -0.907. The van der Waals surface area contributed by atoms with Crippen LogP contribution in [0.2, 0.25) is 0 Å². The van der Waals surface area contributed by atoms with E-state index < -0.39 is 23.2 Å². The maximum absolute atomic E-state index is 13.2. The fraction of sp³-hybridized carbons (Fsp3) is 0.381. The van der Waals surface area contributed by atoms with Crippen LogP contribution in [-0.2, 0) is 6.54 Å². The number of rotatable bonds is 4. The minimum Gasteiger partial charge on any atom is -0.327 e. The number of nitrogens with zero attached hydrogens (tertiary/aromatic N) is 3. The molecule has 1 unspecified atom stereocenters. The first-order valence-electron chi connectivity index (χ1n) is 10.2. The summed E-state index contributed by atoms with van der Waals surface area (Å²) in [5.74, 6) is 0.587. The predicted octanol–water partition coefficient (Wildman–Crippen LogP) is 1.16. The number of benzene rings is 1. The Hall–Kier alpha value is -3.49. The molecule has 2 fully saturated rings. The van der Waals surface area contributed by atoms with Crippen molar-refractivity contribution in [1.82, 2.24) is 24.4 Å². The van der Waals surface area contributed by atoms with E-state index >= 15 is 0 Å². The number of carbonyl (C=O) groups excluding carboxylic acids is 1. The van der Waals surface area contributed by atoms with Crippen LogP contribution in [0.3, 0.4) is 0 Å². The molecule has 1 aliphatic heterocycles. The number of hydrogen-bond donors (Lipinski definition) is 2. The van der Waals surface area contributed by atoms with Gasteiger partial charge in [-0.05, 0) is 43.7 Å². The molecule has 1 aliphatic carbocycles. The zero-order valence-electron chi connectivity index (χ0n) is 16.3. The van der Waals surface area contributed by atoms with E-state index in [1.165, 1.54) is 0 Å². The molecule has 30 heavy (non-hydrogen) atoms. The molecule has 1 saturated heterocycles. The van der Waals surface area contributed by atoms with Crippen molar-refractivity contribution in [2.75, 3.05) is 6.54 Å². The normalized spacial score (nSPS) is 18.8. The van der Waals surface area contributed by atoms with E-state index in [4.69, 9.17) is 4.98 Å². The zero-order valence-corrected chi connectivity index (χ0v) is 16.3. The van der Waals surface area contributed by atoms with Crippen molar-refractivity contribution in [2.45, 2.75) is 38.3 Å². The maximum Gasteiger partial charge on any atom is 0.326 e. The van der Waals surface area contributed by atoms with Gasteiger partial charge < -0.3 is 9.88 Å². The van der Waals surface area contributed by atoms with Gasteiger partial charge in [0.2, 0.25) is 0 Å². The quantitative estimate of drug-likeness (QED) is 0.672. The first kappa shape index (κ1) is 18.5. The lowest BCUT2D eigenvalue weighted by Crippen LogP contribution is -2.37. The summed E-state index contributed by atoms with van der Waals surface area (Å²) in [6.45, 7) is 1.05. The van der Waals surface area contributed by atoms with Crippen molar-refractivity contribution in [1.29, 1.82) is 0 Å². The molecular formula is C21H21N5O4. The second-order valence-electron chi connectivity index (χ2n) is 8.00. The van der Waals surface area contributed by atoms with Gasteiger partial charge in [0.05, 0.1) is 16.9 Å². The number of H-pyrrole nitrogens is 2. The number of nitrogens with one attached hydrogen (secondary N) is 2. The minimum absolute atomic E-state index is 0.0625. The molecular weight excluding hydrogens is 386 g/mol. The SMILES string of the molecule is O=C(c1cc(=O)[nH]c(=O)[nH]1)N1CCCC1c1nc2ccccc2c(=O)n1CC1CC1. The fourth-order valence-electron chi connectivity index (χ4n) is 4.19. The van der Waals surface area contributed by atoms with Crippen LogP contribution in [0.15, 0.2) is 44.7 Å². The third-order valence-electron chi connectivity index (χ3n) is 5.83. The lowest BCUT2D eigenvalue weighted by atomic mass is 10.1. The fourth-order valence-corrected chi connectivity index (χ4v) is 4.19. The molecule has 1 amide bonds. The Morgan fingerprint density at radius 3 is 2.67 bits per heavy atom. The Morgan fingerprint density at radius 2 is 1.90 bits per heavy atom. The van der Waals surface area contributed by atoms with E-state index in [1.807, 2.05) is 12.1 Å². The summed E-state index contributed by atoms with van der Waals surface area (Å²) in [4.78, 5) is 60.5. The van der Waals surface area contributed by atoms with Gasteiger partial charge in [-0.1, -0.05) is 12.1 Å². The number of fused-ring (bicyclic) bond motifs is 1. The molecule has 0 bridgehead atoms. The Balaban J connectivity index is 1.61. The van der Waals surface area contributed by atoms with Gasteiger partial charge in [-0.2, -0.15) is 0 Å². The van der Waals surface area contributed by atoms with E-state index in [1.54, 1.807) is 21.6 Å². The van der Waals surface area contributed by atoms with Crippen LogP contribution in [-0.4, -0.2) is 36.9 Å². The maximum atomic E-state index is 13.2. The number of carbonyl (C=O) groups is 1. The Bertz CT molecular complexity index is 1290. The number of likely N-dealkylation sites (tertiary alicyclic amines) is 1. The first-order valence-corrected chi connectivity index (χ1v) is 10.2. The number of hydrogen-bond acceptors (Lipinski definition) is 5. The van der Waals surface area contributed by atoms with Gasteiger partial charge in [0.15, 0.2) is 0 Å². The predicted molar refractivity (Wildman–Crippen MR) is 109 cm³/mol. The lowest BCUT2D eigenvalue weighted by Gasteiger charge is -2.26. The van der Waals surface area contributed by atoms with Crippen molar-refractivity contribution in [3.05, 3.63) is 73.0 Å². The van der Waals surface area contributed by atoms with E-state index in [9.17, 15) is 19.2 Å². The molecule has 2 aromatic heterocycles. The molecule has 0 spiro atoms. The highest BCUT2D eigenvalue weighted by Crippen LogP contribution is 2.35. The van der Waals surface area contributed by atoms with Crippen molar-refractivity contribution >= 4 is 16.8 Å². The molecule has 2 aliphatic rings. The summed E-state index contributed by atoms with van der Waals surface area (Å²) in [6, 6.07) is 7.93. The van der Waals surface area contributed by atoms with Crippen molar-refractivity contribution in [2.24, 2.45) is 5.92 Å². The first-order chi connectivity index (χ1) is 14.5. The van der Waals surface area contributed by atoms with E-state index in [2.05, 4.69) is 9.97 Å². The summed E-state index contributed by atoms with van der Waals surface area (Å²) in [6.07, 6.45) is 3.57. The van der Waals surface area contributed by atoms with Crippen LogP contribution in [0.25, 0.3) is 10.9 Å². The van der Waals surface area contributed by atoms with Gasteiger partial charge in [-0.15, -0.1) is 0 Å². The van der Waals surface area contributed by atoms with Crippen molar-refractivity contribution < 1.29 is 4.79 Å². The Labute approximate surface area is 170 Å². The van der Waals surface area contributed by atoms with Crippen LogP contribution in [0, 0.1) is 5.92 Å². The third-order valence-corrected chi connectivity index (χ3v) is 5.83. The van der Waals surface area contributed by atoms with Gasteiger partial charge in [-0.3, -0.25) is 23.9 Å². The Morgan fingerprint density at radius 1 is 1.10 bits per heavy atom. The van der Waals surface area contributed by atoms with E-state index in [0.29, 0.717) is 42.2 Å². The second-order valence-corrected chi connectivity index (χ2v) is 8.00. The highest BCUT2D eigenvalue weighted by atomic mass is 16.2. The molecule has 0 radical (unpaired) electrons. The van der Waals surface area contributed by atoms with Crippen molar-refractivity contribution in [3.8, 4) is 0 Å². The highest BCUT2D eigenvalue weighted by Gasteiger charge is 2.35. The second kappa shape index (κ2) is 7.08. The van der Waals surface area contributed by atoms with Crippen molar-refractivity contribution in [3.63, 3.8) is 0 Å². The zero-order chi connectivity index (χ0) is 20.8. The molecule has 3 heterocycles. The van der Waals surface area contributed by atoms with Gasteiger partial charge in [0, 0.05) is 19.2 Å². The smallest absolute Gasteiger partial charge is 0.326 e. The molecule has 9 heteroatoms. The van der Waals surface area contributed by atoms with Gasteiger partial charge in [0.1, 0.15) is 11.5 Å². The van der Waals surface area contributed by atoms with Crippen LogP contribution in [0.4, 0.5) is 0 Å². The number of aromatic amines is 2. The molecule has 154 valence electrons. The topological polar surface area (TPSA) is 121 Å². The summed E-state index contributed by atoms with van der Waals surface area (Å²) in [7, 11) is 0. The molecule has 1 aromatic carbocycles. The third kappa shape index (κ3) is 3.26. The largest absolute Gasteiger partial charge is 0.327 e. The van der Waals surface area contributed by atoms with Gasteiger partial charge in [-0.25, -0.2) is 9.78 Å². The van der Waals surface area contributed by atoms with E-state index in [0.717, 1.165) is 25.3 Å². The minimum atomic E-state index is -0.726. The number of amides is 1. The molecule has 2 N–H and O–H groups in total. The Kier molecular flexibility index (Phi) is 4.38. The van der Waals surface area contributed by atoms with Gasteiger partial charge in [0.25, 0.3) is 17.0 Å². The molecule has 9 nitrogen and oxygen atoms in total. The monoisotopic (exact) mass is 407 g/mol.